The van der Waals surface area contributed by atoms with Gasteiger partial charge in [0.2, 0.25) is 0 Å². The lowest BCUT2D eigenvalue weighted by Gasteiger charge is -2.43. The molecular weight excluding hydrogens is 312 g/mol. The quantitative estimate of drug-likeness (QED) is 0.772. The molecule has 1 heterocycles. The van der Waals surface area contributed by atoms with Gasteiger partial charge in [-0.2, -0.15) is 0 Å². The van der Waals surface area contributed by atoms with Crippen molar-refractivity contribution in [3.05, 3.63) is 60.7 Å². The average Bonchev–Trinajstić information content (AvgIpc) is 3.10. The van der Waals surface area contributed by atoms with Gasteiger partial charge in [-0.25, -0.2) is 0 Å². The van der Waals surface area contributed by atoms with E-state index in [1.807, 2.05) is 0 Å². The minimum Gasteiger partial charge on any atom is -0.405 e. The van der Waals surface area contributed by atoms with Crippen LogP contribution in [0.2, 0.25) is 5.04 Å². The molecule has 0 N–H and O–H groups in total. The number of ether oxygens (including phenoxy) is 1. The molecule has 128 valence electrons. The summed E-state index contributed by atoms with van der Waals surface area (Å²) in [6.07, 6.45) is 2.50. The second kappa shape index (κ2) is 7.22. The molecule has 2 aromatic carbocycles. The largest absolute Gasteiger partial charge is 0.405 e. The summed E-state index contributed by atoms with van der Waals surface area (Å²) in [5.41, 5.74) is 0. The van der Waals surface area contributed by atoms with Crippen molar-refractivity contribution in [3.8, 4) is 0 Å². The van der Waals surface area contributed by atoms with Crippen LogP contribution in [0.4, 0.5) is 0 Å². The Hall–Kier alpha value is -1.42. The van der Waals surface area contributed by atoms with E-state index in [9.17, 15) is 0 Å². The molecule has 0 saturated carbocycles. The van der Waals surface area contributed by atoms with Crippen LogP contribution in [0.5, 0.6) is 0 Å². The fourth-order valence-electron chi connectivity index (χ4n) is 3.76. The van der Waals surface area contributed by atoms with Crippen molar-refractivity contribution in [1.29, 1.82) is 0 Å². The number of hydrogen-bond acceptors (Lipinski definition) is 2. The van der Waals surface area contributed by atoms with Gasteiger partial charge in [-0.1, -0.05) is 81.4 Å². The van der Waals surface area contributed by atoms with Crippen LogP contribution in [0.15, 0.2) is 60.7 Å². The molecule has 24 heavy (non-hydrogen) atoms. The highest BCUT2D eigenvalue weighted by Crippen LogP contribution is 2.37. The third-order valence-corrected chi connectivity index (χ3v) is 9.93. The Balaban J connectivity index is 2.06. The first kappa shape index (κ1) is 17.4. The van der Waals surface area contributed by atoms with E-state index in [1.165, 1.54) is 10.4 Å². The average molecular weight is 341 g/mol. The van der Waals surface area contributed by atoms with Crippen LogP contribution in [-0.4, -0.2) is 27.6 Å². The molecule has 1 fully saturated rings. The van der Waals surface area contributed by atoms with Crippen LogP contribution in [0.3, 0.4) is 0 Å². The molecule has 1 saturated heterocycles. The topological polar surface area (TPSA) is 18.5 Å². The van der Waals surface area contributed by atoms with Crippen molar-refractivity contribution in [1.82, 2.24) is 0 Å². The Morgan fingerprint density at radius 3 is 1.92 bits per heavy atom. The van der Waals surface area contributed by atoms with Crippen molar-refractivity contribution in [3.63, 3.8) is 0 Å². The predicted octanol–water partition coefficient (Wildman–Crippen LogP) is 3.74. The summed E-state index contributed by atoms with van der Waals surface area (Å²) >= 11 is 0. The minimum atomic E-state index is -2.40. The summed E-state index contributed by atoms with van der Waals surface area (Å²) in [5.74, 6) is 0. The lowest BCUT2D eigenvalue weighted by Crippen LogP contribution is -2.67. The maximum absolute atomic E-state index is 6.86. The van der Waals surface area contributed by atoms with Crippen LogP contribution in [0.1, 0.15) is 33.6 Å². The molecule has 0 aromatic heterocycles. The number of hydrogen-bond donors (Lipinski definition) is 0. The van der Waals surface area contributed by atoms with Crippen LogP contribution in [-0.2, 0) is 9.16 Å². The summed E-state index contributed by atoms with van der Waals surface area (Å²) in [4.78, 5) is 0. The lowest BCUT2D eigenvalue weighted by atomic mass is 10.2. The first-order valence-corrected chi connectivity index (χ1v) is 10.8. The zero-order valence-corrected chi connectivity index (χ0v) is 16.0. The van der Waals surface area contributed by atoms with Gasteiger partial charge in [0.25, 0.3) is 8.32 Å². The van der Waals surface area contributed by atoms with E-state index in [1.54, 1.807) is 0 Å². The molecule has 2 nitrogen and oxygen atoms in total. The SMILES string of the molecule is CC(C)(C)[Si](OC[C@@H]1CCCO1)(c1ccccc1)c1ccccc1. The van der Waals surface area contributed by atoms with Crippen molar-refractivity contribution in [2.75, 3.05) is 13.2 Å². The second-order valence-corrected chi connectivity index (χ2v) is 11.9. The summed E-state index contributed by atoms with van der Waals surface area (Å²) in [6.45, 7) is 8.50. The normalized spacial score (nSPS) is 18.7. The molecule has 0 amide bonds. The number of benzene rings is 2. The molecule has 1 aliphatic heterocycles. The van der Waals surface area contributed by atoms with E-state index in [0.29, 0.717) is 6.61 Å². The number of rotatable bonds is 5. The predicted molar refractivity (Wildman–Crippen MR) is 103 cm³/mol. The summed E-state index contributed by atoms with van der Waals surface area (Å²) in [7, 11) is -2.40. The summed E-state index contributed by atoms with van der Waals surface area (Å²) in [5, 5.41) is 2.71. The van der Waals surface area contributed by atoms with Gasteiger partial charge in [-0.3, -0.25) is 0 Å². The maximum atomic E-state index is 6.86. The summed E-state index contributed by atoms with van der Waals surface area (Å²) < 4.78 is 12.7. The molecule has 3 rings (SSSR count). The van der Waals surface area contributed by atoms with Gasteiger partial charge in [0.05, 0.1) is 12.7 Å². The van der Waals surface area contributed by atoms with Crippen LogP contribution >= 0.6 is 0 Å². The fraction of sp³-hybridized carbons (Fsp3) is 0.429. The second-order valence-electron chi connectivity index (χ2n) is 7.61. The molecule has 3 heteroatoms. The van der Waals surface area contributed by atoms with E-state index in [-0.39, 0.29) is 11.1 Å². The Labute approximate surface area is 146 Å². The van der Waals surface area contributed by atoms with Gasteiger partial charge in [-0.05, 0) is 28.3 Å². The van der Waals surface area contributed by atoms with Crippen molar-refractivity contribution < 1.29 is 9.16 Å². The van der Waals surface area contributed by atoms with E-state index in [2.05, 4.69) is 81.4 Å². The first-order valence-electron chi connectivity index (χ1n) is 8.91. The molecule has 0 unspecified atom stereocenters. The van der Waals surface area contributed by atoms with Crippen LogP contribution in [0.25, 0.3) is 0 Å². The highest BCUT2D eigenvalue weighted by atomic mass is 28.4. The van der Waals surface area contributed by atoms with Crippen LogP contribution in [0, 0.1) is 0 Å². The molecule has 0 spiro atoms. The highest BCUT2D eigenvalue weighted by Gasteiger charge is 2.50. The molecule has 1 aliphatic rings. The monoisotopic (exact) mass is 340 g/mol. The molecule has 1 atom stereocenters. The van der Waals surface area contributed by atoms with Crippen molar-refractivity contribution in [2.24, 2.45) is 0 Å². The highest BCUT2D eigenvalue weighted by molar-refractivity contribution is 6.99. The smallest absolute Gasteiger partial charge is 0.261 e. The molecule has 0 aliphatic carbocycles. The first-order chi connectivity index (χ1) is 11.5. The fourth-order valence-corrected chi connectivity index (χ4v) is 8.35. The summed E-state index contributed by atoms with van der Waals surface area (Å²) in [6, 6.07) is 21.6. The third kappa shape index (κ3) is 3.34. The zero-order valence-electron chi connectivity index (χ0n) is 15.0. The molecule has 0 bridgehead atoms. The standard InChI is InChI=1S/C21H28O2Si/c1-21(2,3)24(19-12-6-4-7-13-19,20-14-8-5-9-15-20)23-17-18-11-10-16-22-18/h4-9,12-15,18H,10-11,16-17H2,1-3H3/t18-/m0/s1. The Bertz CT molecular complexity index is 588. The maximum Gasteiger partial charge on any atom is 0.261 e. The van der Waals surface area contributed by atoms with E-state index >= 15 is 0 Å². The Morgan fingerprint density at radius 2 is 1.50 bits per heavy atom. The van der Waals surface area contributed by atoms with E-state index in [0.717, 1.165) is 19.4 Å². The molecule has 0 radical (unpaired) electrons. The van der Waals surface area contributed by atoms with Gasteiger partial charge in [0.15, 0.2) is 0 Å². The van der Waals surface area contributed by atoms with Gasteiger partial charge in [-0.15, -0.1) is 0 Å². The van der Waals surface area contributed by atoms with E-state index < -0.39 is 8.32 Å². The Morgan fingerprint density at radius 1 is 0.958 bits per heavy atom. The lowest BCUT2D eigenvalue weighted by molar-refractivity contribution is 0.0645. The zero-order chi connectivity index (χ0) is 17.0. The van der Waals surface area contributed by atoms with Gasteiger partial charge in [0.1, 0.15) is 0 Å². The Kier molecular flexibility index (Phi) is 5.23. The van der Waals surface area contributed by atoms with Gasteiger partial charge < -0.3 is 9.16 Å². The molecular formula is C21H28O2Si. The minimum absolute atomic E-state index is 0.0360. The third-order valence-electron chi connectivity index (χ3n) is 4.93. The molecule has 2 aromatic rings. The van der Waals surface area contributed by atoms with Gasteiger partial charge in [0, 0.05) is 6.61 Å². The van der Waals surface area contributed by atoms with E-state index in [4.69, 9.17) is 9.16 Å². The van der Waals surface area contributed by atoms with Crippen molar-refractivity contribution in [2.45, 2.75) is 44.8 Å². The van der Waals surface area contributed by atoms with Gasteiger partial charge >= 0.3 is 0 Å². The van der Waals surface area contributed by atoms with Crippen molar-refractivity contribution >= 4 is 18.7 Å². The van der Waals surface area contributed by atoms with Crippen LogP contribution < -0.4 is 10.4 Å².